The van der Waals surface area contributed by atoms with Crippen LogP contribution in [0.2, 0.25) is 0 Å². The number of nitrogens with one attached hydrogen (secondary N) is 1. The lowest BCUT2D eigenvalue weighted by Gasteiger charge is -2.07. The van der Waals surface area contributed by atoms with Gasteiger partial charge in [-0.15, -0.1) is 0 Å². The summed E-state index contributed by atoms with van der Waals surface area (Å²) in [5, 5.41) is 2.83. The number of hydrogen-bond donors (Lipinski definition) is 1. The van der Waals surface area contributed by atoms with E-state index in [9.17, 15) is 9.18 Å². The molecule has 3 rings (SSSR count). The van der Waals surface area contributed by atoms with E-state index in [4.69, 9.17) is 0 Å². The minimum absolute atomic E-state index is 0.295. The number of aryl methyl sites for hydroxylation is 1. The fourth-order valence-electron chi connectivity index (χ4n) is 2.28. The molecule has 1 amide bonds. The van der Waals surface area contributed by atoms with E-state index >= 15 is 0 Å². The number of benzene rings is 1. The number of hydrogen-bond acceptors (Lipinski definition) is 2. The Bertz CT molecular complexity index is 842. The number of pyridine rings is 1. The fourth-order valence-corrected chi connectivity index (χ4v) is 2.64. The van der Waals surface area contributed by atoms with Crippen LogP contribution >= 0.6 is 22.6 Å². The van der Waals surface area contributed by atoms with Gasteiger partial charge in [0.15, 0.2) is 0 Å². The third-order valence-electron chi connectivity index (χ3n) is 3.31. The lowest BCUT2D eigenvalue weighted by Crippen LogP contribution is -2.16. The van der Waals surface area contributed by atoms with Crippen molar-refractivity contribution in [3.63, 3.8) is 0 Å². The van der Waals surface area contributed by atoms with Gasteiger partial charge in [0.2, 0.25) is 0 Å². The van der Waals surface area contributed by atoms with Crippen molar-refractivity contribution in [2.24, 2.45) is 0 Å². The second-order valence-corrected chi connectivity index (χ2v) is 6.04. The van der Waals surface area contributed by atoms with Crippen molar-refractivity contribution >= 4 is 39.8 Å². The molecule has 1 aromatic carbocycles. The average Bonchev–Trinajstić information content (AvgIpc) is 2.87. The summed E-state index contributed by atoms with van der Waals surface area (Å²) in [4.78, 5) is 17.0. The quantitative estimate of drug-likeness (QED) is 0.668. The molecule has 6 heteroatoms. The van der Waals surface area contributed by atoms with Gasteiger partial charge >= 0.3 is 0 Å². The largest absolute Gasteiger partial charge is 0.321 e. The molecule has 3 aromatic rings. The van der Waals surface area contributed by atoms with E-state index < -0.39 is 5.82 Å². The summed E-state index contributed by atoms with van der Waals surface area (Å²) < 4.78 is 16.1. The lowest BCUT2D eigenvalue weighted by molar-refractivity contribution is 0.102. The van der Waals surface area contributed by atoms with Gasteiger partial charge in [-0.1, -0.05) is 6.92 Å². The van der Waals surface area contributed by atoms with Gasteiger partial charge in [-0.25, -0.2) is 9.37 Å². The SMILES string of the molecule is CCc1nc2ccc(F)cn2c1C(=O)Nc1ccc(I)cc1. The molecule has 112 valence electrons. The predicted octanol–water partition coefficient (Wildman–Crippen LogP) is 3.89. The molecule has 0 fully saturated rings. The molecule has 2 aromatic heterocycles. The van der Waals surface area contributed by atoms with E-state index in [0.717, 1.165) is 3.57 Å². The number of imidazole rings is 1. The molecule has 0 unspecified atom stereocenters. The lowest BCUT2D eigenvalue weighted by atomic mass is 10.2. The Morgan fingerprint density at radius 3 is 2.68 bits per heavy atom. The van der Waals surface area contributed by atoms with Crippen LogP contribution in [0.3, 0.4) is 0 Å². The van der Waals surface area contributed by atoms with Gasteiger partial charge in [-0.05, 0) is 65.4 Å². The standard InChI is InChI=1S/C16H13FIN3O/c1-2-13-15(21-9-10(17)3-8-14(21)20-13)16(22)19-12-6-4-11(18)5-7-12/h3-9H,2H2,1H3,(H,19,22). The molecule has 0 aliphatic carbocycles. The maximum absolute atomic E-state index is 13.5. The molecule has 0 bridgehead atoms. The molecule has 0 atom stereocenters. The molecule has 22 heavy (non-hydrogen) atoms. The molecule has 0 aliphatic rings. The van der Waals surface area contributed by atoms with Crippen LogP contribution in [0.15, 0.2) is 42.6 Å². The van der Waals surface area contributed by atoms with Gasteiger partial charge in [-0.3, -0.25) is 9.20 Å². The number of amides is 1. The van der Waals surface area contributed by atoms with E-state index in [1.807, 2.05) is 31.2 Å². The van der Waals surface area contributed by atoms with Gasteiger partial charge in [0.25, 0.3) is 5.91 Å². The number of halogens is 2. The summed E-state index contributed by atoms with van der Waals surface area (Å²) in [6.07, 6.45) is 1.88. The highest BCUT2D eigenvalue weighted by Crippen LogP contribution is 2.17. The number of carbonyl (C=O) groups is 1. The Balaban J connectivity index is 2.02. The number of fused-ring (bicyclic) bond motifs is 1. The minimum Gasteiger partial charge on any atom is -0.321 e. The van der Waals surface area contributed by atoms with Crippen LogP contribution < -0.4 is 5.32 Å². The Labute approximate surface area is 140 Å². The van der Waals surface area contributed by atoms with Crippen LogP contribution in [0.4, 0.5) is 10.1 Å². The van der Waals surface area contributed by atoms with Crippen LogP contribution in [0.5, 0.6) is 0 Å². The van der Waals surface area contributed by atoms with Crippen LogP contribution in [-0.4, -0.2) is 15.3 Å². The summed E-state index contributed by atoms with van der Waals surface area (Å²) in [5.74, 6) is -0.702. The molecule has 0 saturated heterocycles. The molecular formula is C16H13FIN3O. The maximum atomic E-state index is 13.5. The van der Waals surface area contributed by atoms with Crippen molar-refractivity contribution in [3.8, 4) is 0 Å². The third kappa shape index (κ3) is 2.83. The van der Waals surface area contributed by atoms with Crippen molar-refractivity contribution in [1.29, 1.82) is 0 Å². The topological polar surface area (TPSA) is 46.4 Å². The zero-order chi connectivity index (χ0) is 15.7. The summed E-state index contributed by atoms with van der Waals surface area (Å²) in [6, 6.07) is 10.4. The predicted molar refractivity (Wildman–Crippen MR) is 91.6 cm³/mol. The smallest absolute Gasteiger partial charge is 0.274 e. The highest BCUT2D eigenvalue weighted by Gasteiger charge is 2.18. The molecular weight excluding hydrogens is 396 g/mol. The Hall–Kier alpha value is -1.96. The summed E-state index contributed by atoms with van der Waals surface area (Å²) in [7, 11) is 0. The minimum atomic E-state index is -0.407. The second-order valence-electron chi connectivity index (χ2n) is 4.80. The summed E-state index contributed by atoms with van der Waals surface area (Å²) >= 11 is 2.20. The van der Waals surface area contributed by atoms with Crippen molar-refractivity contribution in [2.75, 3.05) is 5.32 Å². The molecule has 0 saturated carbocycles. The van der Waals surface area contributed by atoms with Crippen LogP contribution in [0.1, 0.15) is 23.1 Å². The highest BCUT2D eigenvalue weighted by atomic mass is 127. The van der Waals surface area contributed by atoms with Crippen molar-refractivity contribution in [2.45, 2.75) is 13.3 Å². The number of aromatic nitrogens is 2. The molecule has 4 nitrogen and oxygen atoms in total. The van der Waals surface area contributed by atoms with Gasteiger partial charge < -0.3 is 5.32 Å². The van der Waals surface area contributed by atoms with Crippen molar-refractivity contribution in [3.05, 3.63) is 63.4 Å². The number of anilines is 1. The summed E-state index contributed by atoms with van der Waals surface area (Å²) in [5.41, 5.74) is 2.27. The molecule has 0 radical (unpaired) electrons. The zero-order valence-corrected chi connectivity index (χ0v) is 14.0. The van der Waals surface area contributed by atoms with Gasteiger partial charge in [-0.2, -0.15) is 0 Å². The third-order valence-corrected chi connectivity index (χ3v) is 4.03. The van der Waals surface area contributed by atoms with E-state index in [1.165, 1.54) is 16.7 Å². The fraction of sp³-hybridized carbons (Fsp3) is 0.125. The van der Waals surface area contributed by atoms with Crippen LogP contribution in [0, 0.1) is 9.39 Å². The van der Waals surface area contributed by atoms with Gasteiger partial charge in [0.1, 0.15) is 17.2 Å². The van der Waals surface area contributed by atoms with E-state index in [2.05, 4.69) is 32.9 Å². The van der Waals surface area contributed by atoms with Crippen molar-refractivity contribution < 1.29 is 9.18 Å². The summed E-state index contributed by atoms with van der Waals surface area (Å²) in [6.45, 7) is 1.92. The Morgan fingerprint density at radius 2 is 2.00 bits per heavy atom. The first-order valence-corrected chi connectivity index (χ1v) is 7.89. The average molecular weight is 409 g/mol. The van der Waals surface area contributed by atoms with E-state index in [-0.39, 0.29) is 5.91 Å². The number of rotatable bonds is 3. The van der Waals surface area contributed by atoms with E-state index in [0.29, 0.717) is 29.1 Å². The second kappa shape index (κ2) is 6.04. The molecule has 0 spiro atoms. The maximum Gasteiger partial charge on any atom is 0.274 e. The van der Waals surface area contributed by atoms with E-state index in [1.54, 1.807) is 6.07 Å². The van der Waals surface area contributed by atoms with Gasteiger partial charge in [0, 0.05) is 15.5 Å². The first-order chi connectivity index (χ1) is 10.6. The normalized spacial score (nSPS) is 10.9. The highest BCUT2D eigenvalue weighted by molar-refractivity contribution is 14.1. The van der Waals surface area contributed by atoms with Gasteiger partial charge in [0.05, 0.1) is 5.69 Å². The van der Waals surface area contributed by atoms with Crippen LogP contribution in [0.25, 0.3) is 5.65 Å². The number of nitrogens with zero attached hydrogens (tertiary/aromatic N) is 2. The Morgan fingerprint density at radius 1 is 1.27 bits per heavy atom. The molecule has 2 heterocycles. The molecule has 1 N–H and O–H groups in total. The Kier molecular flexibility index (Phi) is 4.10. The molecule has 0 aliphatic heterocycles. The zero-order valence-electron chi connectivity index (χ0n) is 11.8. The monoisotopic (exact) mass is 409 g/mol. The van der Waals surface area contributed by atoms with Crippen LogP contribution in [-0.2, 0) is 6.42 Å². The first kappa shape index (κ1) is 15.0. The van der Waals surface area contributed by atoms with Crippen molar-refractivity contribution in [1.82, 2.24) is 9.38 Å². The first-order valence-electron chi connectivity index (χ1n) is 6.82. The number of carbonyl (C=O) groups excluding carboxylic acids is 1.